The van der Waals surface area contributed by atoms with Gasteiger partial charge in [-0.3, -0.25) is 14.6 Å². The van der Waals surface area contributed by atoms with E-state index in [2.05, 4.69) is 15.6 Å². The van der Waals surface area contributed by atoms with Crippen LogP contribution in [0, 0.1) is 5.82 Å². The van der Waals surface area contributed by atoms with Gasteiger partial charge in [0, 0.05) is 31.4 Å². The summed E-state index contributed by atoms with van der Waals surface area (Å²) < 4.78 is 19.7. The predicted molar refractivity (Wildman–Crippen MR) is 117 cm³/mol. The third-order valence-electron chi connectivity index (χ3n) is 4.23. The van der Waals surface area contributed by atoms with Crippen LogP contribution in [0.1, 0.15) is 18.1 Å². The molecule has 3 aromatic rings. The van der Waals surface area contributed by atoms with E-state index in [9.17, 15) is 14.0 Å². The van der Waals surface area contributed by atoms with Crippen molar-refractivity contribution in [3.05, 3.63) is 90.0 Å². The molecule has 1 heterocycles. The summed E-state index contributed by atoms with van der Waals surface area (Å²) in [4.78, 5) is 26.9. The van der Waals surface area contributed by atoms with Crippen LogP contribution in [0.5, 0.6) is 11.5 Å². The van der Waals surface area contributed by atoms with E-state index in [-0.39, 0.29) is 17.6 Å². The van der Waals surface area contributed by atoms with Crippen LogP contribution in [0.25, 0.3) is 6.08 Å². The number of nitrogens with one attached hydrogen (secondary N) is 2. The molecule has 0 aliphatic rings. The first kappa shape index (κ1) is 21.7. The second-order valence-corrected chi connectivity index (χ2v) is 6.73. The number of halogens is 1. The average Bonchev–Trinajstić information content (AvgIpc) is 2.75. The molecule has 0 aliphatic carbocycles. The van der Waals surface area contributed by atoms with Crippen molar-refractivity contribution in [2.45, 2.75) is 13.3 Å². The number of hydrogen-bond acceptors (Lipinski definition) is 4. The molecule has 2 aromatic carbocycles. The number of nitrogens with zero attached hydrogens (tertiary/aromatic N) is 1. The van der Waals surface area contributed by atoms with Gasteiger partial charge in [-0.1, -0.05) is 18.2 Å². The lowest BCUT2D eigenvalue weighted by Crippen LogP contribution is -2.23. The molecule has 7 heteroatoms. The van der Waals surface area contributed by atoms with Gasteiger partial charge >= 0.3 is 0 Å². The van der Waals surface area contributed by atoms with Gasteiger partial charge < -0.3 is 15.4 Å². The highest BCUT2D eigenvalue weighted by Gasteiger charge is 2.06. The van der Waals surface area contributed by atoms with Crippen molar-refractivity contribution in [3.8, 4) is 11.5 Å². The molecule has 158 valence electrons. The molecule has 0 bridgehead atoms. The molecular formula is C24H22FN3O3. The van der Waals surface area contributed by atoms with Gasteiger partial charge in [-0.15, -0.1) is 0 Å². The van der Waals surface area contributed by atoms with Crippen molar-refractivity contribution in [2.75, 3.05) is 11.9 Å². The third-order valence-corrected chi connectivity index (χ3v) is 4.23. The number of carbonyl (C=O) groups is 2. The summed E-state index contributed by atoms with van der Waals surface area (Å²) in [6.07, 6.45) is 6.64. The van der Waals surface area contributed by atoms with Crippen molar-refractivity contribution in [3.63, 3.8) is 0 Å². The topological polar surface area (TPSA) is 80.3 Å². The number of pyridine rings is 1. The highest BCUT2D eigenvalue weighted by atomic mass is 19.1. The summed E-state index contributed by atoms with van der Waals surface area (Å²) >= 11 is 0. The smallest absolute Gasteiger partial charge is 0.244 e. The van der Waals surface area contributed by atoms with E-state index in [0.717, 1.165) is 11.3 Å². The summed E-state index contributed by atoms with van der Waals surface area (Å²) in [5.41, 5.74) is 2.30. The normalized spacial score (nSPS) is 10.6. The Hall–Kier alpha value is -4.00. The standard InChI is InChI=1S/C24H22FN3O3/c1-17(29)28-20-8-4-18(5-9-20)12-14-27-24(30)11-7-19-6-10-23(22(25)15-19)31-21-3-2-13-26-16-21/h2-11,13,15-16H,12,14H2,1H3,(H,27,30)(H,28,29). The molecule has 1 aromatic heterocycles. The Morgan fingerprint density at radius 1 is 1.13 bits per heavy atom. The maximum atomic E-state index is 14.2. The van der Waals surface area contributed by atoms with Crippen molar-refractivity contribution in [1.29, 1.82) is 0 Å². The molecule has 0 radical (unpaired) electrons. The van der Waals surface area contributed by atoms with Crippen LogP contribution >= 0.6 is 0 Å². The summed E-state index contributed by atoms with van der Waals surface area (Å²) in [5, 5.41) is 5.49. The lowest BCUT2D eigenvalue weighted by molar-refractivity contribution is -0.116. The molecule has 0 saturated heterocycles. The molecule has 6 nitrogen and oxygen atoms in total. The lowest BCUT2D eigenvalue weighted by Gasteiger charge is -2.07. The van der Waals surface area contributed by atoms with Gasteiger partial charge in [-0.25, -0.2) is 4.39 Å². The van der Waals surface area contributed by atoms with E-state index in [0.29, 0.717) is 24.3 Å². The SMILES string of the molecule is CC(=O)Nc1ccc(CCNC(=O)C=Cc2ccc(Oc3cccnc3)c(F)c2)cc1. The van der Waals surface area contributed by atoms with E-state index in [1.807, 2.05) is 24.3 Å². The van der Waals surface area contributed by atoms with Crippen LogP contribution in [-0.2, 0) is 16.0 Å². The molecule has 0 aliphatic heterocycles. The maximum absolute atomic E-state index is 14.2. The molecule has 0 saturated carbocycles. The number of rotatable bonds is 8. The summed E-state index contributed by atoms with van der Waals surface area (Å²) in [5.74, 6) is -0.407. The van der Waals surface area contributed by atoms with Crippen LogP contribution in [0.3, 0.4) is 0 Å². The van der Waals surface area contributed by atoms with E-state index in [1.54, 1.807) is 24.4 Å². The number of hydrogen-bond donors (Lipinski definition) is 2. The maximum Gasteiger partial charge on any atom is 0.244 e. The summed E-state index contributed by atoms with van der Waals surface area (Å²) in [6.45, 7) is 1.91. The van der Waals surface area contributed by atoms with Gasteiger partial charge in [0.1, 0.15) is 5.75 Å². The van der Waals surface area contributed by atoms with Crippen LogP contribution in [0.2, 0.25) is 0 Å². The fourth-order valence-corrected chi connectivity index (χ4v) is 2.76. The van der Waals surface area contributed by atoms with Gasteiger partial charge in [0.05, 0.1) is 6.20 Å². The average molecular weight is 419 g/mol. The molecule has 0 unspecified atom stereocenters. The van der Waals surface area contributed by atoms with Gasteiger partial charge in [0.25, 0.3) is 0 Å². The number of aromatic nitrogens is 1. The number of benzene rings is 2. The van der Waals surface area contributed by atoms with Crippen LogP contribution in [-0.4, -0.2) is 23.3 Å². The van der Waals surface area contributed by atoms with E-state index in [1.165, 1.54) is 37.4 Å². The summed E-state index contributed by atoms with van der Waals surface area (Å²) in [7, 11) is 0. The molecule has 31 heavy (non-hydrogen) atoms. The zero-order valence-electron chi connectivity index (χ0n) is 17.0. The van der Waals surface area contributed by atoms with E-state index in [4.69, 9.17) is 4.74 Å². The number of carbonyl (C=O) groups excluding carboxylic acids is 2. The Labute approximate surface area is 179 Å². The molecule has 0 spiro atoms. The predicted octanol–water partition coefficient (Wildman–Crippen LogP) is 4.34. The Bertz CT molecular complexity index is 1070. The first-order chi connectivity index (χ1) is 15.0. The molecule has 0 fully saturated rings. The van der Waals surface area contributed by atoms with Crippen molar-refractivity contribution in [2.24, 2.45) is 0 Å². The zero-order valence-corrected chi connectivity index (χ0v) is 17.0. The number of anilines is 1. The monoisotopic (exact) mass is 419 g/mol. The van der Waals surface area contributed by atoms with Crippen LogP contribution < -0.4 is 15.4 Å². The quantitative estimate of drug-likeness (QED) is 0.532. The zero-order chi connectivity index (χ0) is 22.1. The second kappa shape index (κ2) is 10.7. The molecule has 0 atom stereocenters. The van der Waals surface area contributed by atoms with Crippen LogP contribution in [0.4, 0.5) is 10.1 Å². The first-order valence-corrected chi connectivity index (χ1v) is 9.69. The Kier molecular flexibility index (Phi) is 7.48. The largest absolute Gasteiger partial charge is 0.453 e. The van der Waals surface area contributed by atoms with Crippen molar-refractivity contribution >= 4 is 23.6 Å². The van der Waals surface area contributed by atoms with Gasteiger partial charge in [0.2, 0.25) is 11.8 Å². The van der Waals surface area contributed by atoms with Gasteiger partial charge in [0.15, 0.2) is 11.6 Å². The summed E-state index contributed by atoms with van der Waals surface area (Å²) in [6, 6.07) is 15.3. The van der Waals surface area contributed by atoms with Crippen molar-refractivity contribution < 1.29 is 18.7 Å². The minimum atomic E-state index is -0.533. The molecule has 2 amide bonds. The highest BCUT2D eigenvalue weighted by molar-refractivity contribution is 5.91. The number of ether oxygens (including phenoxy) is 1. The highest BCUT2D eigenvalue weighted by Crippen LogP contribution is 2.24. The minimum Gasteiger partial charge on any atom is -0.453 e. The fourth-order valence-electron chi connectivity index (χ4n) is 2.76. The fraction of sp³-hybridized carbons (Fsp3) is 0.125. The van der Waals surface area contributed by atoms with Gasteiger partial charge in [-0.05, 0) is 60.0 Å². The minimum absolute atomic E-state index is 0.0825. The van der Waals surface area contributed by atoms with E-state index >= 15 is 0 Å². The lowest BCUT2D eigenvalue weighted by atomic mass is 10.1. The number of amides is 2. The van der Waals surface area contributed by atoms with Crippen molar-refractivity contribution in [1.82, 2.24) is 10.3 Å². The van der Waals surface area contributed by atoms with E-state index < -0.39 is 5.82 Å². The Balaban J connectivity index is 1.47. The third kappa shape index (κ3) is 7.08. The molecule has 3 rings (SSSR count). The van der Waals surface area contributed by atoms with Crippen LogP contribution in [0.15, 0.2) is 73.1 Å². The molecular weight excluding hydrogens is 397 g/mol. The molecule has 2 N–H and O–H groups in total. The Morgan fingerprint density at radius 2 is 1.94 bits per heavy atom. The Morgan fingerprint density at radius 3 is 2.61 bits per heavy atom. The second-order valence-electron chi connectivity index (χ2n) is 6.73. The van der Waals surface area contributed by atoms with Gasteiger partial charge in [-0.2, -0.15) is 0 Å². The first-order valence-electron chi connectivity index (χ1n) is 9.69.